The smallest absolute Gasteiger partial charge is 0.0427 e. The lowest BCUT2D eigenvalue weighted by atomic mass is 10.1. The van der Waals surface area contributed by atoms with Crippen LogP contribution < -0.4 is 0 Å². The summed E-state index contributed by atoms with van der Waals surface area (Å²) in [5.41, 5.74) is 2.02. The van der Waals surface area contributed by atoms with Gasteiger partial charge in [0.25, 0.3) is 0 Å². The zero-order valence-corrected chi connectivity index (χ0v) is 8.79. The van der Waals surface area contributed by atoms with Gasteiger partial charge in [0.05, 0.1) is 0 Å². The number of hydrogen-bond donors (Lipinski definition) is 0. The van der Waals surface area contributed by atoms with E-state index in [0.29, 0.717) is 0 Å². The number of aryl methyl sites for hydroxylation is 1. The third kappa shape index (κ3) is 3.62. The molecule has 0 aliphatic rings. The highest BCUT2D eigenvalue weighted by atomic mass is 14.7. The Balaban J connectivity index is 2.33. The van der Waals surface area contributed by atoms with Crippen LogP contribution in [0.5, 0.6) is 0 Å². The number of unbranched alkanes of at least 4 members (excludes halogenated alkanes) is 3. The second kappa shape index (κ2) is 6.21. The van der Waals surface area contributed by atoms with Gasteiger partial charge in [0.15, 0.2) is 0 Å². The summed E-state index contributed by atoms with van der Waals surface area (Å²) < 4.78 is 0. The lowest BCUT2D eigenvalue weighted by Gasteiger charge is -2.00. The molecule has 0 unspecified atom stereocenters. The van der Waals surface area contributed by atoms with Gasteiger partial charge < -0.3 is 0 Å². The largest absolute Gasteiger partial charge is 0.260 e. The maximum absolute atomic E-state index is 5.25. The average molecular weight is 187 g/mol. The van der Waals surface area contributed by atoms with Crippen LogP contribution in [0.15, 0.2) is 18.3 Å². The van der Waals surface area contributed by atoms with Gasteiger partial charge in [-0.25, -0.2) is 0 Å². The van der Waals surface area contributed by atoms with Crippen molar-refractivity contribution in [2.45, 2.75) is 39.0 Å². The van der Waals surface area contributed by atoms with Crippen molar-refractivity contribution in [2.24, 2.45) is 0 Å². The van der Waals surface area contributed by atoms with Crippen LogP contribution in [-0.2, 0) is 6.42 Å². The molecule has 0 saturated heterocycles. The van der Waals surface area contributed by atoms with Crippen LogP contribution in [-0.4, -0.2) is 4.98 Å². The summed E-state index contributed by atoms with van der Waals surface area (Å²) in [5.74, 6) is 2.57. The van der Waals surface area contributed by atoms with E-state index in [1.807, 2.05) is 12.1 Å². The van der Waals surface area contributed by atoms with Gasteiger partial charge in [-0.1, -0.05) is 32.1 Å². The topological polar surface area (TPSA) is 12.9 Å². The molecular weight excluding hydrogens is 170 g/mol. The van der Waals surface area contributed by atoms with Crippen molar-refractivity contribution >= 4 is 0 Å². The Morgan fingerprint density at radius 2 is 2.14 bits per heavy atom. The second-order valence-corrected chi connectivity index (χ2v) is 3.49. The highest BCUT2D eigenvalue weighted by molar-refractivity contribution is 5.29. The molecule has 0 saturated carbocycles. The molecule has 1 nitrogen and oxygen atoms in total. The first kappa shape index (κ1) is 10.8. The minimum atomic E-state index is 0.863. The normalized spacial score (nSPS) is 9.71. The molecular formula is C13H17N. The van der Waals surface area contributed by atoms with Gasteiger partial charge in [-0.15, -0.1) is 6.42 Å². The maximum atomic E-state index is 5.25. The number of rotatable bonds is 5. The van der Waals surface area contributed by atoms with Crippen molar-refractivity contribution in [1.82, 2.24) is 4.98 Å². The Bertz CT molecular complexity index is 292. The predicted octanol–water partition coefficient (Wildman–Crippen LogP) is 3.19. The third-order valence-electron chi connectivity index (χ3n) is 2.28. The Morgan fingerprint density at radius 1 is 1.29 bits per heavy atom. The Hall–Kier alpha value is -1.29. The minimum absolute atomic E-state index is 0.863. The molecule has 0 fully saturated rings. The maximum Gasteiger partial charge on any atom is 0.0427 e. The molecule has 0 N–H and O–H groups in total. The average Bonchev–Trinajstić information content (AvgIpc) is 2.25. The van der Waals surface area contributed by atoms with E-state index in [4.69, 9.17) is 6.42 Å². The molecule has 1 rings (SSSR count). The highest BCUT2D eigenvalue weighted by Crippen LogP contribution is 2.06. The van der Waals surface area contributed by atoms with E-state index in [1.165, 1.54) is 25.7 Å². The van der Waals surface area contributed by atoms with E-state index in [1.54, 1.807) is 6.20 Å². The molecule has 1 heteroatoms. The molecule has 0 radical (unpaired) electrons. The lowest BCUT2D eigenvalue weighted by Crippen LogP contribution is -1.90. The standard InChI is InChI=1S/C13H17N/c1-3-5-6-7-8-13-10-9-12(4-2)11-14-13/h2,9-11H,3,5-8H2,1H3. The summed E-state index contributed by atoms with van der Waals surface area (Å²) >= 11 is 0. The molecule has 1 aromatic heterocycles. The van der Waals surface area contributed by atoms with E-state index in [0.717, 1.165) is 17.7 Å². The number of hydrogen-bond acceptors (Lipinski definition) is 1. The summed E-state index contributed by atoms with van der Waals surface area (Å²) in [7, 11) is 0. The molecule has 14 heavy (non-hydrogen) atoms. The van der Waals surface area contributed by atoms with E-state index in [2.05, 4.69) is 17.8 Å². The summed E-state index contributed by atoms with van der Waals surface area (Å²) in [6.45, 7) is 2.22. The molecule has 0 amide bonds. The SMILES string of the molecule is C#Cc1ccc(CCCCCC)nc1. The monoisotopic (exact) mass is 187 g/mol. The Morgan fingerprint density at radius 3 is 2.71 bits per heavy atom. The van der Waals surface area contributed by atoms with Crippen LogP contribution in [0.1, 0.15) is 43.9 Å². The molecule has 1 heterocycles. The van der Waals surface area contributed by atoms with Crippen LogP contribution in [0, 0.1) is 12.3 Å². The first-order valence-electron chi connectivity index (χ1n) is 5.28. The number of pyridine rings is 1. The van der Waals surface area contributed by atoms with Gasteiger partial charge >= 0.3 is 0 Å². The van der Waals surface area contributed by atoms with E-state index < -0.39 is 0 Å². The van der Waals surface area contributed by atoms with Gasteiger partial charge in [0.1, 0.15) is 0 Å². The molecule has 0 atom stereocenters. The Kier molecular flexibility index (Phi) is 4.78. The lowest BCUT2D eigenvalue weighted by molar-refractivity contribution is 0.660. The third-order valence-corrected chi connectivity index (χ3v) is 2.28. The molecule has 74 valence electrons. The predicted molar refractivity (Wildman–Crippen MR) is 60.0 cm³/mol. The highest BCUT2D eigenvalue weighted by Gasteiger charge is 1.94. The van der Waals surface area contributed by atoms with Gasteiger partial charge in [0, 0.05) is 17.5 Å². The quantitative estimate of drug-likeness (QED) is 0.509. The fourth-order valence-corrected chi connectivity index (χ4v) is 1.39. The second-order valence-electron chi connectivity index (χ2n) is 3.49. The summed E-state index contributed by atoms with van der Waals surface area (Å²) in [6, 6.07) is 3.99. The van der Waals surface area contributed by atoms with E-state index in [9.17, 15) is 0 Å². The molecule has 0 aliphatic carbocycles. The van der Waals surface area contributed by atoms with Crippen molar-refractivity contribution in [3.63, 3.8) is 0 Å². The van der Waals surface area contributed by atoms with Gasteiger partial charge in [0.2, 0.25) is 0 Å². The summed E-state index contributed by atoms with van der Waals surface area (Å²) in [4.78, 5) is 4.30. The fourth-order valence-electron chi connectivity index (χ4n) is 1.39. The van der Waals surface area contributed by atoms with Gasteiger partial charge in [-0.3, -0.25) is 4.98 Å². The van der Waals surface area contributed by atoms with Crippen molar-refractivity contribution in [1.29, 1.82) is 0 Å². The van der Waals surface area contributed by atoms with Crippen LogP contribution in [0.3, 0.4) is 0 Å². The molecule has 0 aromatic carbocycles. The zero-order chi connectivity index (χ0) is 10.2. The van der Waals surface area contributed by atoms with Crippen molar-refractivity contribution < 1.29 is 0 Å². The van der Waals surface area contributed by atoms with Crippen molar-refractivity contribution in [3.05, 3.63) is 29.6 Å². The fraction of sp³-hybridized carbons (Fsp3) is 0.462. The number of terminal acetylenes is 1. The minimum Gasteiger partial charge on any atom is -0.260 e. The summed E-state index contributed by atoms with van der Waals surface area (Å²) in [6.07, 6.45) is 13.2. The first-order chi connectivity index (χ1) is 6.86. The molecule has 0 aliphatic heterocycles. The van der Waals surface area contributed by atoms with Crippen molar-refractivity contribution in [3.8, 4) is 12.3 Å². The van der Waals surface area contributed by atoms with E-state index in [-0.39, 0.29) is 0 Å². The van der Waals surface area contributed by atoms with Gasteiger partial charge in [-0.2, -0.15) is 0 Å². The Labute approximate surface area is 86.6 Å². The van der Waals surface area contributed by atoms with Crippen LogP contribution in [0.25, 0.3) is 0 Å². The first-order valence-corrected chi connectivity index (χ1v) is 5.28. The number of aromatic nitrogens is 1. The van der Waals surface area contributed by atoms with Crippen LogP contribution in [0.2, 0.25) is 0 Å². The molecule has 0 bridgehead atoms. The van der Waals surface area contributed by atoms with E-state index >= 15 is 0 Å². The summed E-state index contributed by atoms with van der Waals surface area (Å²) in [5, 5.41) is 0. The van der Waals surface area contributed by atoms with Gasteiger partial charge in [-0.05, 0) is 25.0 Å². The van der Waals surface area contributed by atoms with Crippen LogP contribution in [0.4, 0.5) is 0 Å². The van der Waals surface area contributed by atoms with Crippen molar-refractivity contribution in [2.75, 3.05) is 0 Å². The molecule has 0 spiro atoms. The van der Waals surface area contributed by atoms with Crippen LogP contribution >= 0.6 is 0 Å². The molecule has 1 aromatic rings. The number of nitrogens with zero attached hydrogens (tertiary/aromatic N) is 1. The zero-order valence-electron chi connectivity index (χ0n) is 8.79.